The minimum atomic E-state index is -0.563. The number of likely N-dealkylation sites (tertiary alicyclic amines) is 1. The van der Waals surface area contributed by atoms with Crippen LogP contribution in [0.1, 0.15) is 39.2 Å². The van der Waals surface area contributed by atoms with Crippen molar-refractivity contribution in [2.75, 3.05) is 53.0 Å². The molecular formula is C26H40N4O4. The third kappa shape index (κ3) is 7.03. The molecule has 2 unspecified atom stereocenters. The zero-order valence-corrected chi connectivity index (χ0v) is 21.1. The summed E-state index contributed by atoms with van der Waals surface area (Å²) in [6.07, 6.45) is 1.61. The summed E-state index contributed by atoms with van der Waals surface area (Å²) in [6.45, 7) is 9.78. The smallest absolute Gasteiger partial charge is 0.249 e. The lowest BCUT2D eigenvalue weighted by Crippen LogP contribution is -2.53. The van der Waals surface area contributed by atoms with Gasteiger partial charge >= 0.3 is 0 Å². The van der Waals surface area contributed by atoms with Gasteiger partial charge in [-0.25, -0.2) is 0 Å². The highest BCUT2D eigenvalue weighted by Crippen LogP contribution is 2.28. The lowest BCUT2D eigenvalue weighted by Gasteiger charge is -2.32. The summed E-state index contributed by atoms with van der Waals surface area (Å²) in [5.74, 6) is -0.160. The van der Waals surface area contributed by atoms with Crippen molar-refractivity contribution in [2.24, 2.45) is 5.41 Å². The van der Waals surface area contributed by atoms with Gasteiger partial charge in [-0.3, -0.25) is 14.4 Å². The Morgan fingerprint density at radius 2 is 1.79 bits per heavy atom. The highest BCUT2D eigenvalue weighted by Gasteiger charge is 2.44. The number of ether oxygens (including phenoxy) is 1. The quantitative estimate of drug-likeness (QED) is 0.621. The summed E-state index contributed by atoms with van der Waals surface area (Å²) in [6, 6.07) is 9.34. The summed E-state index contributed by atoms with van der Waals surface area (Å²) in [5.41, 5.74) is 1.01. The van der Waals surface area contributed by atoms with Crippen LogP contribution in [0.15, 0.2) is 30.3 Å². The Bertz CT molecular complexity index is 833. The molecule has 2 atom stereocenters. The molecule has 0 spiro atoms. The normalized spacial score (nSPS) is 20.9. The maximum absolute atomic E-state index is 13.4. The van der Waals surface area contributed by atoms with E-state index in [0.717, 1.165) is 25.1 Å². The van der Waals surface area contributed by atoms with E-state index < -0.39 is 6.04 Å². The first-order chi connectivity index (χ1) is 16.2. The maximum Gasteiger partial charge on any atom is 0.249 e. The molecule has 2 fully saturated rings. The second-order valence-electron chi connectivity index (χ2n) is 10.5. The third-order valence-corrected chi connectivity index (χ3v) is 6.51. The molecule has 0 saturated carbocycles. The number of nitrogens with one attached hydrogen (secondary N) is 1. The SMILES string of the molecule is COCC(=O)N1CC(N(CCc2ccccc2)C(=O)CC(C)(C)C)CC1C(=O)N1CCNCC1. The number of benzene rings is 1. The van der Waals surface area contributed by atoms with Crippen LogP contribution >= 0.6 is 0 Å². The number of methoxy groups -OCH3 is 1. The predicted octanol–water partition coefficient (Wildman–Crippen LogP) is 1.54. The fraction of sp³-hybridized carbons (Fsp3) is 0.654. The lowest BCUT2D eigenvalue weighted by molar-refractivity contribution is -0.146. The molecule has 1 aromatic rings. The Morgan fingerprint density at radius 1 is 1.12 bits per heavy atom. The van der Waals surface area contributed by atoms with Gasteiger partial charge in [-0.05, 0) is 23.8 Å². The molecule has 0 aromatic heterocycles. The molecule has 2 heterocycles. The zero-order valence-electron chi connectivity index (χ0n) is 21.1. The molecular weight excluding hydrogens is 432 g/mol. The van der Waals surface area contributed by atoms with Crippen molar-refractivity contribution in [3.8, 4) is 0 Å². The van der Waals surface area contributed by atoms with Crippen LogP contribution in [-0.2, 0) is 25.5 Å². The van der Waals surface area contributed by atoms with E-state index in [4.69, 9.17) is 4.74 Å². The van der Waals surface area contributed by atoms with Crippen LogP contribution in [0.2, 0.25) is 0 Å². The molecule has 3 amide bonds. The Labute approximate surface area is 203 Å². The molecule has 2 aliphatic rings. The van der Waals surface area contributed by atoms with Crippen LogP contribution in [0.4, 0.5) is 0 Å². The van der Waals surface area contributed by atoms with Crippen LogP contribution in [0, 0.1) is 5.41 Å². The minimum absolute atomic E-state index is 0.0280. The van der Waals surface area contributed by atoms with E-state index >= 15 is 0 Å². The fourth-order valence-corrected chi connectivity index (χ4v) is 4.81. The molecule has 0 aliphatic carbocycles. The van der Waals surface area contributed by atoms with Crippen molar-refractivity contribution >= 4 is 17.7 Å². The number of hydrogen-bond acceptors (Lipinski definition) is 5. The standard InChI is InChI=1S/C26H40N4O4/c1-26(2,3)17-23(31)29(13-10-20-8-6-5-7-9-20)21-16-22(30(18-21)24(32)19-34-4)25(33)28-14-11-27-12-15-28/h5-9,21-22,27H,10-19H2,1-4H3. The Morgan fingerprint density at radius 3 is 2.41 bits per heavy atom. The van der Waals surface area contributed by atoms with Crippen molar-refractivity contribution in [1.82, 2.24) is 20.0 Å². The molecule has 188 valence electrons. The molecule has 2 saturated heterocycles. The molecule has 0 radical (unpaired) electrons. The van der Waals surface area contributed by atoms with E-state index in [2.05, 4.69) is 38.2 Å². The summed E-state index contributed by atoms with van der Waals surface area (Å²) in [4.78, 5) is 45.2. The van der Waals surface area contributed by atoms with Gasteiger partial charge in [0.05, 0.1) is 6.04 Å². The minimum Gasteiger partial charge on any atom is -0.375 e. The molecule has 1 aromatic carbocycles. The Balaban J connectivity index is 1.81. The highest BCUT2D eigenvalue weighted by molar-refractivity contribution is 5.89. The topological polar surface area (TPSA) is 82.2 Å². The first-order valence-electron chi connectivity index (χ1n) is 12.3. The van der Waals surface area contributed by atoms with Crippen LogP contribution in [0.3, 0.4) is 0 Å². The van der Waals surface area contributed by atoms with E-state index in [-0.39, 0.29) is 35.8 Å². The number of hydrogen-bond donors (Lipinski definition) is 1. The molecule has 1 N–H and O–H groups in total. The monoisotopic (exact) mass is 472 g/mol. The second-order valence-corrected chi connectivity index (χ2v) is 10.5. The summed E-state index contributed by atoms with van der Waals surface area (Å²) >= 11 is 0. The van der Waals surface area contributed by atoms with Gasteiger partial charge < -0.3 is 24.8 Å². The van der Waals surface area contributed by atoms with Gasteiger partial charge in [-0.2, -0.15) is 0 Å². The number of carbonyl (C=O) groups is 3. The van der Waals surface area contributed by atoms with Crippen LogP contribution in [0.5, 0.6) is 0 Å². The van der Waals surface area contributed by atoms with Crippen molar-refractivity contribution < 1.29 is 19.1 Å². The Hall–Kier alpha value is -2.45. The van der Waals surface area contributed by atoms with Crippen LogP contribution in [-0.4, -0.2) is 97.5 Å². The van der Waals surface area contributed by atoms with E-state index in [1.54, 1.807) is 4.90 Å². The van der Waals surface area contributed by atoms with Crippen LogP contribution < -0.4 is 5.32 Å². The lowest BCUT2D eigenvalue weighted by atomic mass is 9.91. The largest absolute Gasteiger partial charge is 0.375 e. The first kappa shape index (κ1) is 26.2. The van der Waals surface area contributed by atoms with E-state index in [1.807, 2.05) is 28.0 Å². The van der Waals surface area contributed by atoms with Gasteiger partial charge in [0.2, 0.25) is 17.7 Å². The third-order valence-electron chi connectivity index (χ3n) is 6.51. The highest BCUT2D eigenvalue weighted by atomic mass is 16.5. The number of piperazine rings is 1. The van der Waals surface area contributed by atoms with Crippen molar-refractivity contribution in [2.45, 2.75) is 52.1 Å². The fourth-order valence-electron chi connectivity index (χ4n) is 4.81. The van der Waals surface area contributed by atoms with Gasteiger partial charge in [0.1, 0.15) is 12.6 Å². The van der Waals surface area contributed by atoms with Crippen molar-refractivity contribution in [3.05, 3.63) is 35.9 Å². The van der Waals surface area contributed by atoms with Gasteiger partial charge in [0.15, 0.2) is 0 Å². The molecule has 8 nitrogen and oxygen atoms in total. The number of amides is 3. The summed E-state index contributed by atoms with van der Waals surface area (Å²) in [7, 11) is 1.48. The zero-order chi connectivity index (χ0) is 24.7. The summed E-state index contributed by atoms with van der Waals surface area (Å²) < 4.78 is 5.10. The van der Waals surface area contributed by atoms with Gasteiger partial charge in [0.25, 0.3) is 0 Å². The van der Waals surface area contributed by atoms with E-state index in [9.17, 15) is 14.4 Å². The number of rotatable bonds is 8. The molecule has 8 heteroatoms. The Kier molecular flexibility index (Phi) is 9.08. The average Bonchev–Trinajstić information content (AvgIpc) is 3.24. The second kappa shape index (κ2) is 11.8. The molecule has 34 heavy (non-hydrogen) atoms. The maximum atomic E-state index is 13.4. The van der Waals surface area contributed by atoms with E-state index in [0.29, 0.717) is 39.0 Å². The molecule has 0 bridgehead atoms. The first-order valence-corrected chi connectivity index (χ1v) is 12.3. The van der Waals surface area contributed by atoms with E-state index in [1.165, 1.54) is 7.11 Å². The number of nitrogens with zero attached hydrogens (tertiary/aromatic N) is 3. The molecule has 2 aliphatic heterocycles. The average molecular weight is 473 g/mol. The van der Waals surface area contributed by atoms with Gasteiger partial charge in [0, 0.05) is 52.8 Å². The van der Waals surface area contributed by atoms with Crippen LogP contribution in [0.25, 0.3) is 0 Å². The van der Waals surface area contributed by atoms with Gasteiger partial charge in [-0.15, -0.1) is 0 Å². The van der Waals surface area contributed by atoms with Gasteiger partial charge in [-0.1, -0.05) is 51.1 Å². The molecule has 3 rings (SSSR count). The van der Waals surface area contributed by atoms with Crippen molar-refractivity contribution in [3.63, 3.8) is 0 Å². The van der Waals surface area contributed by atoms with Crippen molar-refractivity contribution in [1.29, 1.82) is 0 Å². The predicted molar refractivity (Wildman–Crippen MR) is 131 cm³/mol. The summed E-state index contributed by atoms with van der Waals surface area (Å²) in [5, 5.41) is 3.26. The number of carbonyl (C=O) groups excluding carboxylic acids is 3.